The first-order valence-electron chi connectivity index (χ1n) is 8.52. The number of amides is 1. The number of carbonyl (C=O) groups excluding carboxylic acids is 1. The van der Waals surface area contributed by atoms with Crippen molar-refractivity contribution in [3.63, 3.8) is 0 Å². The summed E-state index contributed by atoms with van der Waals surface area (Å²) in [5, 5.41) is 3.11. The molecule has 0 radical (unpaired) electrons. The Balaban J connectivity index is 0.00000225. The second-order valence-corrected chi connectivity index (χ2v) is 6.00. The Morgan fingerprint density at radius 3 is 2.00 bits per heavy atom. The molecule has 1 saturated heterocycles. The van der Waals surface area contributed by atoms with E-state index in [1.54, 1.807) is 0 Å². The molecule has 5 heteroatoms. The van der Waals surface area contributed by atoms with Crippen molar-refractivity contribution < 1.29 is 9.53 Å². The van der Waals surface area contributed by atoms with Crippen LogP contribution in [0.2, 0.25) is 0 Å². The predicted octanol–water partition coefficient (Wildman–Crippen LogP) is 2.69. The molecule has 134 valence electrons. The smallest absolute Gasteiger partial charge is 0.232 e. The summed E-state index contributed by atoms with van der Waals surface area (Å²) in [4.78, 5) is 15.2. The maximum atomic E-state index is 12.8. The molecule has 0 aromatic heterocycles. The molecule has 1 fully saturated rings. The monoisotopic (exact) mass is 360 g/mol. The summed E-state index contributed by atoms with van der Waals surface area (Å²) >= 11 is 0. The van der Waals surface area contributed by atoms with Gasteiger partial charge in [-0.25, -0.2) is 0 Å². The van der Waals surface area contributed by atoms with Gasteiger partial charge in [-0.05, 0) is 11.1 Å². The van der Waals surface area contributed by atoms with Crippen molar-refractivity contribution in [2.75, 3.05) is 39.4 Å². The molecular weight excluding hydrogens is 336 g/mol. The molecule has 1 aliphatic rings. The second-order valence-electron chi connectivity index (χ2n) is 6.00. The number of rotatable bonds is 6. The lowest BCUT2D eigenvalue weighted by atomic mass is 9.90. The topological polar surface area (TPSA) is 41.6 Å². The SMILES string of the molecule is Cl.O=C(NCCN1CCOCC1)C(c1ccccc1)c1ccccc1. The van der Waals surface area contributed by atoms with E-state index >= 15 is 0 Å². The molecule has 3 rings (SSSR count). The van der Waals surface area contributed by atoms with Crippen LogP contribution in [0.4, 0.5) is 0 Å². The van der Waals surface area contributed by atoms with E-state index in [0.717, 1.165) is 44.0 Å². The Hall–Kier alpha value is -1.88. The van der Waals surface area contributed by atoms with Gasteiger partial charge in [-0.2, -0.15) is 0 Å². The average molecular weight is 361 g/mol. The van der Waals surface area contributed by atoms with Crippen LogP contribution in [-0.2, 0) is 9.53 Å². The quantitative estimate of drug-likeness (QED) is 0.861. The maximum absolute atomic E-state index is 12.8. The average Bonchev–Trinajstić information content (AvgIpc) is 2.65. The van der Waals surface area contributed by atoms with Crippen LogP contribution in [0, 0.1) is 0 Å². The number of halogens is 1. The largest absolute Gasteiger partial charge is 0.379 e. The van der Waals surface area contributed by atoms with E-state index in [4.69, 9.17) is 4.74 Å². The maximum Gasteiger partial charge on any atom is 0.232 e. The zero-order valence-electron chi connectivity index (χ0n) is 14.3. The normalized spacial score (nSPS) is 14.8. The minimum Gasteiger partial charge on any atom is -0.379 e. The second kappa shape index (κ2) is 10.2. The van der Waals surface area contributed by atoms with Crippen molar-refractivity contribution in [3.8, 4) is 0 Å². The van der Waals surface area contributed by atoms with Gasteiger partial charge >= 0.3 is 0 Å². The predicted molar refractivity (Wildman–Crippen MR) is 102 cm³/mol. The molecular formula is C20H25ClN2O2. The summed E-state index contributed by atoms with van der Waals surface area (Å²) in [5.74, 6) is -0.210. The van der Waals surface area contributed by atoms with Crippen LogP contribution in [0.25, 0.3) is 0 Å². The van der Waals surface area contributed by atoms with Crippen molar-refractivity contribution in [1.29, 1.82) is 0 Å². The molecule has 1 N–H and O–H groups in total. The Bertz CT molecular complexity index is 591. The zero-order chi connectivity index (χ0) is 16.6. The van der Waals surface area contributed by atoms with E-state index < -0.39 is 0 Å². The van der Waals surface area contributed by atoms with Crippen LogP contribution >= 0.6 is 12.4 Å². The van der Waals surface area contributed by atoms with Crippen LogP contribution in [0.3, 0.4) is 0 Å². The minimum atomic E-state index is -0.267. The fourth-order valence-corrected chi connectivity index (χ4v) is 3.05. The summed E-state index contributed by atoms with van der Waals surface area (Å²) in [6, 6.07) is 19.9. The van der Waals surface area contributed by atoms with Gasteiger partial charge in [0.25, 0.3) is 0 Å². The lowest BCUT2D eigenvalue weighted by Gasteiger charge is -2.27. The number of hydrogen-bond acceptors (Lipinski definition) is 3. The first kappa shape index (κ1) is 19.4. The van der Waals surface area contributed by atoms with Gasteiger partial charge in [0, 0.05) is 26.2 Å². The summed E-state index contributed by atoms with van der Waals surface area (Å²) in [6.45, 7) is 4.98. The van der Waals surface area contributed by atoms with Gasteiger partial charge in [-0.3, -0.25) is 9.69 Å². The van der Waals surface area contributed by atoms with Gasteiger partial charge in [0.1, 0.15) is 0 Å². The molecule has 25 heavy (non-hydrogen) atoms. The third-order valence-corrected chi connectivity index (χ3v) is 4.36. The Morgan fingerprint density at radius 1 is 0.960 bits per heavy atom. The molecule has 2 aromatic carbocycles. The van der Waals surface area contributed by atoms with Crippen LogP contribution in [0.15, 0.2) is 60.7 Å². The molecule has 2 aromatic rings. The van der Waals surface area contributed by atoms with Crippen LogP contribution in [0.1, 0.15) is 17.0 Å². The molecule has 0 aliphatic carbocycles. The van der Waals surface area contributed by atoms with Crippen LogP contribution < -0.4 is 5.32 Å². The number of hydrogen-bond donors (Lipinski definition) is 1. The van der Waals surface area contributed by atoms with Crippen molar-refractivity contribution in [1.82, 2.24) is 10.2 Å². The van der Waals surface area contributed by atoms with Crippen molar-refractivity contribution in [2.45, 2.75) is 5.92 Å². The van der Waals surface area contributed by atoms with Gasteiger partial charge in [-0.1, -0.05) is 60.7 Å². The Labute approximate surface area is 155 Å². The minimum absolute atomic E-state index is 0. The third kappa shape index (κ3) is 5.56. The van der Waals surface area contributed by atoms with Gasteiger partial charge in [0.05, 0.1) is 19.1 Å². The first-order valence-corrected chi connectivity index (χ1v) is 8.52. The Kier molecular flexibility index (Phi) is 7.92. The highest BCUT2D eigenvalue weighted by atomic mass is 35.5. The fraction of sp³-hybridized carbons (Fsp3) is 0.350. The third-order valence-electron chi connectivity index (χ3n) is 4.36. The number of ether oxygens (including phenoxy) is 1. The zero-order valence-corrected chi connectivity index (χ0v) is 15.1. The van der Waals surface area contributed by atoms with Crippen LogP contribution in [-0.4, -0.2) is 50.2 Å². The number of benzene rings is 2. The lowest BCUT2D eigenvalue weighted by Crippen LogP contribution is -2.42. The molecule has 0 saturated carbocycles. The van der Waals surface area contributed by atoms with Crippen molar-refractivity contribution >= 4 is 18.3 Å². The Morgan fingerprint density at radius 2 is 1.48 bits per heavy atom. The molecule has 0 atom stereocenters. The van der Waals surface area contributed by atoms with Gasteiger partial charge in [-0.15, -0.1) is 12.4 Å². The molecule has 0 spiro atoms. The lowest BCUT2D eigenvalue weighted by molar-refractivity contribution is -0.121. The van der Waals surface area contributed by atoms with E-state index in [1.807, 2.05) is 60.7 Å². The van der Waals surface area contributed by atoms with E-state index in [1.165, 1.54) is 0 Å². The highest BCUT2D eigenvalue weighted by Crippen LogP contribution is 2.24. The standard InChI is InChI=1S/C20H24N2O2.ClH/c23-20(21-11-12-22-13-15-24-16-14-22)19(17-7-3-1-4-8-17)18-9-5-2-6-10-18;/h1-10,19H,11-16H2,(H,21,23);1H. The molecule has 1 heterocycles. The molecule has 1 aliphatic heterocycles. The summed E-state index contributed by atoms with van der Waals surface area (Å²) in [6.07, 6.45) is 0. The number of carbonyl (C=O) groups is 1. The van der Waals surface area contributed by atoms with E-state index in [9.17, 15) is 4.79 Å². The highest BCUT2D eigenvalue weighted by Gasteiger charge is 2.22. The van der Waals surface area contributed by atoms with Gasteiger partial charge in [0.15, 0.2) is 0 Å². The molecule has 0 unspecified atom stereocenters. The molecule has 0 bridgehead atoms. The summed E-state index contributed by atoms with van der Waals surface area (Å²) in [5.41, 5.74) is 2.04. The first-order chi connectivity index (χ1) is 11.8. The van der Waals surface area contributed by atoms with Crippen LogP contribution in [0.5, 0.6) is 0 Å². The van der Waals surface area contributed by atoms with Crippen molar-refractivity contribution in [2.24, 2.45) is 0 Å². The summed E-state index contributed by atoms with van der Waals surface area (Å²) < 4.78 is 5.35. The summed E-state index contributed by atoms with van der Waals surface area (Å²) in [7, 11) is 0. The molecule has 4 nitrogen and oxygen atoms in total. The van der Waals surface area contributed by atoms with E-state index in [-0.39, 0.29) is 24.2 Å². The number of nitrogens with one attached hydrogen (secondary N) is 1. The highest BCUT2D eigenvalue weighted by molar-refractivity contribution is 5.87. The van der Waals surface area contributed by atoms with Crippen molar-refractivity contribution in [3.05, 3.63) is 71.8 Å². The number of morpholine rings is 1. The number of nitrogens with zero attached hydrogens (tertiary/aromatic N) is 1. The van der Waals surface area contributed by atoms with Gasteiger partial charge in [0.2, 0.25) is 5.91 Å². The fourth-order valence-electron chi connectivity index (χ4n) is 3.05. The van der Waals surface area contributed by atoms with Gasteiger partial charge < -0.3 is 10.1 Å². The van der Waals surface area contributed by atoms with E-state index in [0.29, 0.717) is 6.54 Å². The molecule has 1 amide bonds. The van der Waals surface area contributed by atoms with E-state index in [2.05, 4.69) is 10.2 Å².